The predicted molar refractivity (Wildman–Crippen MR) is 82.1 cm³/mol. The van der Waals surface area contributed by atoms with Crippen molar-refractivity contribution in [1.29, 1.82) is 0 Å². The van der Waals surface area contributed by atoms with E-state index in [0.717, 1.165) is 12.3 Å². The molecule has 0 radical (unpaired) electrons. The van der Waals surface area contributed by atoms with Gasteiger partial charge in [-0.2, -0.15) is 0 Å². The molecule has 2 saturated carbocycles. The fourth-order valence-electron chi connectivity index (χ4n) is 3.75. The van der Waals surface area contributed by atoms with Gasteiger partial charge in [-0.05, 0) is 31.1 Å². The molecule has 1 amide bonds. The van der Waals surface area contributed by atoms with Crippen molar-refractivity contribution in [3.63, 3.8) is 0 Å². The Balaban J connectivity index is 1.79. The summed E-state index contributed by atoms with van der Waals surface area (Å²) in [6.45, 7) is 0. The number of hydrogen-bond acceptors (Lipinski definition) is 3. The fourth-order valence-corrected chi connectivity index (χ4v) is 3.98. The Labute approximate surface area is 129 Å². The first-order chi connectivity index (χ1) is 10.1. The smallest absolute Gasteiger partial charge is 0.227 e. The lowest BCUT2D eigenvalue weighted by molar-refractivity contribution is -0.121. The van der Waals surface area contributed by atoms with E-state index < -0.39 is 0 Å². The van der Waals surface area contributed by atoms with E-state index in [4.69, 9.17) is 21.1 Å². The van der Waals surface area contributed by atoms with Crippen molar-refractivity contribution in [3.05, 3.63) is 17.2 Å². The molecule has 5 heteroatoms. The van der Waals surface area contributed by atoms with E-state index in [1.807, 2.05) is 0 Å². The maximum absolute atomic E-state index is 12.5. The molecule has 114 valence electrons. The monoisotopic (exact) mass is 309 g/mol. The Bertz CT molecular complexity index is 561. The number of benzene rings is 1. The van der Waals surface area contributed by atoms with Crippen LogP contribution >= 0.6 is 11.6 Å². The standard InChI is InChI=1S/C16H20ClNO3/c1-20-14-8-13(15(21-2)7-12(14)17)18-16(19)11-6-9-3-4-10(11)5-9/h7-11H,3-6H2,1-2H3,(H,18,19)/t9-,10-,11+/m0/s1. The summed E-state index contributed by atoms with van der Waals surface area (Å²) in [4.78, 5) is 12.5. The third kappa shape index (κ3) is 2.69. The van der Waals surface area contributed by atoms with Gasteiger partial charge in [0.1, 0.15) is 11.5 Å². The van der Waals surface area contributed by atoms with Gasteiger partial charge in [-0.3, -0.25) is 4.79 Å². The van der Waals surface area contributed by atoms with E-state index in [1.54, 1.807) is 26.4 Å². The van der Waals surface area contributed by atoms with Gasteiger partial charge in [0.2, 0.25) is 5.91 Å². The van der Waals surface area contributed by atoms with Crippen molar-refractivity contribution in [2.45, 2.75) is 25.7 Å². The summed E-state index contributed by atoms with van der Waals surface area (Å²) in [6.07, 6.45) is 4.69. The number of amides is 1. The zero-order valence-corrected chi connectivity index (χ0v) is 13.1. The molecule has 1 aromatic carbocycles. The van der Waals surface area contributed by atoms with E-state index in [-0.39, 0.29) is 11.8 Å². The Morgan fingerprint density at radius 2 is 1.95 bits per heavy atom. The fraction of sp³-hybridized carbons (Fsp3) is 0.562. The number of hydrogen-bond donors (Lipinski definition) is 1. The predicted octanol–water partition coefficient (Wildman–Crippen LogP) is 3.73. The molecule has 0 aliphatic heterocycles. The Morgan fingerprint density at radius 3 is 2.52 bits per heavy atom. The highest BCUT2D eigenvalue weighted by atomic mass is 35.5. The van der Waals surface area contributed by atoms with Gasteiger partial charge >= 0.3 is 0 Å². The third-order valence-corrected chi connectivity index (χ3v) is 5.10. The SMILES string of the molecule is COc1cc(NC(=O)[C@@H]2C[C@H]3CC[C@H]2C3)c(OC)cc1Cl. The topological polar surface area (TPSA) is 47.6 Å². The molecule has 1 N–H and O–H groups in total. The van der Waals surface area contributed by atoms with Crippen molar-refractivity contribution in [1.82, 2.24) is 0 Å². The average molecular weight is 310 g/mol. The molecule has 2 aliphatic carbocycles. The van der Waals surface area contributed by atoms with Gasteiger partial charge < -0.3 is 14.8 Å². The highest BCUT2D eigenvalue weighted by molar-refractivity contribution is 6.32. The molecule has 3 rings (SSSR count). The molecule has 2 aliphatic rings. The number of fused-ring (bicyclic) bond motifs is 2. The lowest BCUT2D eigenvalue weighted by atomic mass is 9.88. The van der Waals surface area contributed by atoms with Crippen LogP contribution in [0.5, 0.6) is 11.5 Å². The summed E-state index contributed by atoms with van der Waals surface area (Å²) in [6, 6.07) is 3.38. The minimum atomic E-state index is 0.0878. The van der Waals surface area contributed by atoms with Crippen LogP contribution in [-0.4, -0.2) is 20.1 Å². The summed E-state index contributed by atoms with van der Waals surface area (Å²) in [5.41, 5.74) is 0.617. The number of halogens is 1. The lowest BCUT2D eigenvalue weighted by Gasteiger charge is -2.21. The molecular formula is C16H20ClNO3. The molecule has 0 aromatic heterocycles. The average Bonchev–Trinajstić information content (AvgIpc) is 3.11. The maximum atomic E-state index is 12.5. The Hall–Kier alpha value is -1.42. The van der Waals surface area contributed by atoms with Crippen LogP contribution in [0.1, 0.15) is 25.7 Å². The van der Waals surface area contributed by atoms with Gasteiger partial charge in [-0.1, -0.05) is 18.0 Å². The van der Waals surface area contributed by atoms with Gasteiger partial charge in [-0.15, -0.1) is 0 Å². The van der Waals surface area contributed by atoms with E-state index in [9.17, 15) is 4.79 Å². The first-order valence-corrected chi connectivity index (χ1v) is 7.72. The van der Waals surface area contributed by atoms with Crippen molar-refractivity contribution in [3.8, 4) is 11.5 Å². The van der Waals surface area contributed by atoms with E-state index in [2.05, 4.69) is 5.32 Å². The summed E-state index contributed by atoms with van der Waals surface area (Å²) < 4.78 is 10.5. The maximum Gasteiger partial charge on any atom is 0.227 e. The molecule has 0 saturated heterocycles. The molecule has 0 unspecified atom stereocenters. The van der Waals surface area contributed by atoms with Gasteiger partial charge in [0.05, 0.1) is 24.9 Å². The number of carbonyl (C=O) groups excluding carboxylic acids is 1. The number of anilines is 1. The summed E-state index contributed by atoms with van der Waals surface area (Å²) in [7, 11) is 3.11. The van der Waals surface area contributed by atoms with Crippen LogP contribution in [0.3, 0.4) is 0 Å². The number of carbonyl (C=O) groups is 1. The highest BCUT2D eigenvalue weighted by Gasteiger charge is 2.43. The molecule has 3 atom stereocenters. The van der Waals surface area contributed by atoms with E-state index >= 15 is 0 Å². The van der Waals surface area contributed by atoms with E-state index in [0.29, 0.717) is 28.1 Å². The van der Waals surface area contributed by atoms with Crippen LogP contribution in [-0.2, 0) is 4.79 Å². The molecular weight excluding hydrogens is 290 g/mol. The second-order valence-corrected chi connectivity index (χ2v) is 6.36. The molecule has 2 fully saturated rings. The van der Waals surface area contributed by atoms with Crippen LogP contribution in [0.4, 0.5) is 5.69 Å². The van der Waals surface area contributed by atoms with Crippen LogP contribution < -0.4 is 14.8 Å². The van der Waals surface area contributed by atoms with Gasteiger partial charge in [-0.25, -0.2) is 0 Å². The van der Waals surface area contributed by atoms with Crippen molar-refractivity contribution in [2.75, 3.05) is 19.5 Å². The normalized spacial score (nSPS) is 26.7. The highest BCUT2D eigenvalue weighted by Crippen LogP contribution is 2.49. The van der Waals surface area contributed by atoms with Crippen LogP contribution in [0.15, 0.2) is 12.1 Å². The lowest BCUT2D eigenvalue weighted by Crippen LogP contribution is -2.27. The second kappa shape index (κ2) is 5.76. The first-order valence-electron chi connectivity index (χ1n) is 7.34. The van der Waals surface area contributed by atoms with Crippen molar-refractivity contribution >= 4 is 23.2 Å². The van der Waals surface area contributed by atoms with Crippen molar-refractivity contribution in [2.24, 2.45) is 17.8 Å². The van der Waals surface area contributed by atoms with Gasteiger partial charge in [0, 0.05) is 18.1 Å². The molecule has 21 heavy (non-hydrogen) atoms. The number of nitrogens with one attached hydrogen (secondary N) is 1. The van der Waals surface area contributed by atoms with Gasteiger partial charge in [0.15, 0.2) is 0 Å². The van der Waals surface area contributed by atoms with E-state index in [1.165, 1.54) is 19.3 Å². The largest absolute Gasteiger partial charge is 0.495 e. The minimum Gasteiger partial charge on any atom is -0.495 e. The molecule has 4 nitrogen and oxygen atoms in total. The molecule has 1 aromatic rings. The summed E-state index contributed by atoms with van der Waals surface area (Å²) in [5.74, 6) is 2.60. The van der Waals surface area contributed by atoms with Crippen LogP contribution in [0, 0.1) is 17.8 Å². The van der Waals surface area contributed by atoms with Crippen LogP contribution in [0.2, 0.25) is 5.02 Å². The van der Waals surface area contributed by atoms with Crippen molar-refractivity contribution < 1.29 is 14.3 Å². The first kappa shape index (κ1) is 14.5. The number of methoxy groups -OCH3 is 2. The number of ether oxygens (including phenoxy) is 2. The molecule has 0 spiro atoms. The second-order valence-electron chi connectivity index (χ2n) is 5.96. The molecule has 0 heterocycles. The zero-order chi connectivity index (χ0) is 15.0. The van der Waals surface area contributed by atoms with Gasteiger partial charge in [0.25, 0.3) is 0 Å². The third-order valence-electron chi connectivity index (χ3n) is 4.81. The summed E-state index contributed by atoms with van der Waals surface area (Å²) in [5, 5.41) is 3.45. The zero-order valence-electron chi connectivity index (χ0n) is 12.3. The number of rotatable bonds is 4. The summed E-state index contributed by atoms with van der Waals surface area (Å²) >= 11 is 6.08. The minimum absolute atomic E-state index is 0.0878. The van der Waals surface area contributed by atoms with Crippen LogP contribution in [0.25, 0.3) is 0 Å². The Kier molecular flexibility index (Phi) is 3.98. The Morgan fingerprint density at radius 1 is 1.19 bits per heavy atom. The molecule has 2 bridgehead atoms. The quantitative estimate of drug-likeness (QED) is 0.922.